The lowest BCUT2D eigenvalue weighted by atomic mass is 10.1. The predicted octanol–water partition coefficient (Wildman–Crippen LogP) is 5.90. The van der Waals surface area contributed by atoms with Crippen molar-refractivity contribution in [2.45, 2.75) is 13.5 Å². The maximum Gasteiger partial charge on any atom is 0.185 e. The van der Waals surface area contributed by atoms with Gasteiger partial charge in [0.2, 0.25) is 0 Å². The average molecular weight is 419 g/mol. The summed E-state index contributed by atoms with van der Waals surface area (Å²) in [6, 6.07) is 16.5. The van der Waals surface area contributed by atoms with Gasteiger partial charge in [0.05, 0.1) is 6.33 Å². The van der Waals surface area contributed by atoms with Gasteiger partial charge in [0, 0.05) is 34.2 Å². The highest BCUT2D eigenvalue weighted by Crippen LogP contribution is 2.26. The normalized spacial score (nSPS) is 11.1. The van der Waals surface area contributed by atoms with Gasteiger partial charge in [-0.1, -0.05) is 17.7 Å². The lowest BCUT2D eigenvalue weighted by Gasteiger charge is -2.08. The third-order valence-electron chi connectivity index (χ3n) is 4.62. The standard InChI is InChI=1S/C24H19ClN2O3/c1-17-22(25)3-2-4-24(17)29-15-21-10-9-20(30-21)11-12-23(28)18-5-7-19(8-6-18)27-14-13-26-16-27/h2-14,16H,15H2,1H3/b12-11+. The number of imidazole rings is 1. The van der Waals surface area contributed by atoms with Gasteiger partial charge in [0.25, 0.3) is 0 Å². The van der Waals surface area contributed by atoms with E-state index in [9.17, 15) is 4.79 Å². The van der Waals surface area contributed by atoms with Crippen LogP contribution < -0.4 is 4.74 Å². The quantitative estimate of drug-likeness (QED) is 0.277. The summed E-state index contributed by atoms with van der Waals surface area (Å²) in [5, 5.41) is 0.659. The van der Waals surface area contributed by atoms with Crippen LogP contribution >= 0.6 is 11.6 Å². The topological polar surface area (TPSA) is 57.3 Å². The number of hydrogen-bond acceptors (Lipinski definition) is 4. The minimum Gasteiger partial charge on any atom is -0.485 e. The van der Waals surface area contributed by atoms with Crippen LogP contribution in [0.5, 0.6) is 5.75 Å². The van der Waals surface area contributed by atoms with Crippen molar-refractivity contribution in [1.29, 1.82) is 0 Å². The fraction of sp³-hybridized carbons (Fsp3) is 0.0833. The Kier molecular flexibility index (Phi) is 5.82. The zero-order valence-corrected chi connectivity index (χ0v) is 17.0. The maximum atomic E-state index is 12.4. The lowest BCUT2D eigenvalue weighted by Crippen LogP contribution is -1.96. The number of benzene rings is 2. The average Bonchev–Trinajstić information content (AvgIpc) is 3.45. The number of rotatable bonds is 7. The molecule has 2 aromatic heterocycles. The molecular formula is C24H19ClN2O3. The number of furan rings is 1. The Balaban J connectivity index is 1.37. The van der Waals surface area contributed by atoms with Crippen molar-refractivity contribution in [2.24, 2.45) is 0 Å². The van der Waals surface area contributed by atoms with Gasteiger partial charge in [0.1, 0.15) is 23.9 Å². The van der Waals surface area contributed by atoms with E-state index in [0.717, 1.165) is 11.3 Å². The highest BCUT2D eigenvalue weighted by molar-refractivity contribution is 6.31. The van der Waals surface area contributed by atoms with E-state index in [-0.39, 0.29) is 12.4 Å². The molecule has 0 atom stereocenters. The first-order chi connectivity index (χ1) is 14.6. The summed E-state index contributed by atoms with van der Waals surface area (Å²) < 4.78 is 13.4. The van der Waals surface area contributed by atoms with Crippen LogP contribution in [0.15, 0.2) is 83.8 Å². The van der Waals surface area contributed by atoms with Crippen LogP contribution in [-0.4, -0.2) is 15.3 Å². The molecule has 2 heterocycles. The number of allylic oxidation sites excluding steroid dienone is 1. The van der Waals surface area contributed by atoms with Crippen molar-refractivity contribution >= 4 is 23.5 Å². The molecule has 0 saturated carbocycles. The van der Waals surface area contributed by atoms with Crippen molar-refractivity contribution in [3.63, 3.8) is 0 Å². The Morgan fingerprint density at radius 1 is 1.17 bits per heavy atom. The summed E-state index contributed by atoms with van der Waals surface area (Å²) in [7, 11) is 0. The van der Waals surface area contributed by atoms with Crippen molar-refractivity contribution in [3.8, 4) is 11.4 Å². The summed E-state index contributed by atoms with van der Waals surface area (Å²) in [5.41, 5.74) is 2.43. The minimum atomic E-state index is -0.101. The largest absolute Gasteiger partial charge is 0.485 e. The van der Waals surface area contributed by atoms with E-state index < -0.39 is 0 Å². The lowest BCUT2D eigenvalue weighted by molar-refractivity contribution is 0.104. The summed E-state index contributed by atoms with van der Waals surface area (Å²) in [4.78, 5) is 16.4. The molecule has 0 aliphatic carbocycles. The van der Waals surface area contributed by atoms with E-state index in [1.54, 1.807) is 36.8 Å². The second-order valence-electron chi connectivity index (χ2n) is 6.67. The first-order valence-corrected chi connectivity index (χ1v) is 9.75. The van der Waals surface area contributed by atoms with Crippen LogP contribution in [0, 0.1) is 6.92 Å². The fourth-order valence-corrected chi connectivity index (χ4v) is 3.08. The third-order valence-corrected chi connectivity index (χ3v) is 5.03. The molecule has 0 aliphatic rings. The molecule has 0 amide bonds. The van der Waals surface area contributed by atoms with Gasteiger partial charge in [0.15, 0.2) is 5.78 Å². The van der Waals surface area contributed by atoms with Crippen molar-refractivity contribution in [2.75, 3.05) is 0 Å². The number of aromatic nitrogens is 2. The van der Waals surface area contributed by atoms with E-state index in [2.05, 4.69) is 4.98 Å². The number of hydrogen-bond donors (Lipinski definition) is 0. The molecule has 4 rings (SSSR count). The van der Waals surface area contributed by atoms with Gasteiger partial charge in [-0.25, -0.2) is 4.98 Å². The van der Waals surface area contributed by atoms with Crippen LogP contribution in [-0.2, 0) is 6.61 Å². The number of halogens is 1. The smallest absolute Gasteiger partial charge is 0.185 e. The third kappa shape index (κ3) is 4.53. The van der Waals surface area contributed by atoms with Gasteiger partial charge in [-0.15, -0.1) is 0 Å². The summed E-state index contributed by atoms with van der Waals surface area (Å²) >= 11 is 6.11. The highest BCUT2D eigenvalue weighted by Gasteiger charge is 2.07. The van der Waals surface area contributed by atoms with Gasteiger partial charge < -0.3 is 13.7 Å². The van der Waals surface area contributed by atoms with E-state index in [1.807, 2.05) is 54.1 Å². The fourth-order valence-electron chi connectivity index (χ4n) is 2.92. The second-order valence-corrected chi connectivity index (χ2v) is 7.08. The molecule has 0 radical (unpaired) electrons. The van der Waals surface area contributed by atoms with Gasteiger partial charge >= 0.3 is 0 Å². The molecule has 6 heteroatoms. The summed E-state index contributed by atoms with van der Waals surface area (Å²) in [5.74, 6) is 1.85. The summed E-state index contributed by atoms with van der Waals surface area (Å²) in [6.45, 7) is 2.18. The molecular weight excluding hydrogens is 400 g/mol. The molecule has 0 aliphatic heterocycles. The Morgan fingerprint density at radius 3 is 2.77 bits per heavy atom. The molecule has 5 nitrogen and oxygen atoms in total. The van der Waals surface area contributed by atoms with Gasteiger partial charge in [-0.2, -0.15) is 0 Å². The van der Waals surface area contributed by atoms with Crippen molar-refractivity contribution < 1.29 is 13.9 Å². The predicted molar refractivity (Wildman–Crippen MR) is 116 cm³/mol. The molecule has 0 bridgehead atoms. The molecule has 150 valence electrons. The SMILES string of the molecule is Cc1c(Cl)cccc1OCc1ccc(/C=C/C(=O)c2ccc(-n3ccnc3)cc2)o1. The van der Waals surface area contributed by atoms with Crippen LogP contribution in [0.4, 0.5) is 0 Å². The van der Waals surface area contributed by atoms with E-state index in [1.165, 1.54) is 6.08 Å². The molecule has 30 heavy (non-hydrogen) atoms. The molecule has 0 saturated heterocycles. The number of ether oxygens (including phenoxy) is 1. The van der Waals surface area contributed by atoms with E-state index >= 15 is 0 Å². The molecule has 4 aromatic rings. The zero-order valence-electron chi connectivity index (χ0n) is 16.3. The molecule has 0 unspecified atom stereocenters. The van der Waals surface area contributed by atoms with Crippen LogP contribution in [0.25, 0.3) is 11.8 Å². The Labute approximate surface area is 179 Å². The summed E-state index contributed by atoms with van der Waals surface area (Å²) in [6.07, 6.45) is 8.42. The number of carbonyl (C=O) groups is 1. The number of carbonyl (C=O) groups excluding carboxylic acids is 1. The molecule has 0 N–H and O–H groups in total. The number of nitrogens with zero attached hydrogens (tertiary/aromatic N) is 2. The van der Waals surface area contributed by atoms with Crippen LogP contribution in [0.3, 0.4) is 0 Å². The second kappa shape index (κ2) is 8.84. The van der Waals surface area contributed by atoms with Crippen LogP contribution in [0.2, 0.25) is 5.02 Å². The Bertz CT molecular complexity index is 1180. The van der Waals surface area contributed by atoms with Crippen molar-refractivity contribution in [3.05, 3.63) is 107 Å². The number of ketones is 1. The minimum absolute atomic E-state index is 0.101. The first kappa shape index (κ1) is 19.7. The highest BCUT2D eigenvalue weighted by atomic mass is 35.5. The first-order valence-electron chi connectivity index (χ1n) is 9.37. The molecule has 0 fully saturated rings. The maximum absolute atomic E-state index is 12.4. The zero-order chi connectivity index (χ0) is 20.9. The van der Waals surface area contributed by atoms with Gasteiger partial charge in [-0.3, -0.25) is 4.79 Å². The Morgan fingerprint density at radius 2 is 2.00 bits per heavy atom. The van der Waals surface area contributed by atoms with Crippen molar-refractivity contribution in [1.82, 2.24) is 9.55 Å². The monoisotopic (exact) mass is 418 g/mol. The van der Waals surface area contributed by atoms with Crippen LogP contribution in [0.1, 0.15) is 27.4 Å². The van der Waals surface area contributed by atoms with Gasteiger partial charge in [-0.05, 0) is 67.6 Å². The Hall–Kier alpha value is -3.57. The molecule has 0 spiro atoms. The van der Waals surface area contributed by atoms with E-state index in [0.29, 0.717) is 27.9 Å². The molecule has 2 aromatic carbocycles. The van der Waals surface area contributed by atoms with E-state index in [4.69, 9.17) is 20.8 Å².